The van der Waals surface area contributed by atoms with E-state index in [0.29, 0.717) is 4.47 Å². The summed E-state index contributed by atoms with van der Waals surface area (Å²) in [5, 5.41) is 0. The van der Waals surface area contributed by atoms with Crippen molar-refractivity contribution in [2.45, 2.75) is 6.42 Å². The van der Waals surface area contributed by atoms with Gasteiger partial charge in [-0.1, -0.05) is 15.9 Å². The average molecular weight is 354 g/mol. The fourth-order valence-corrected chi connectivity index (χ4v) is 2.25. The van der Waals surface area contributed by atoms with E-state index in [4.69, 9.17) is 0 Å². The summed E-state index contributed by atoms with van der Waals surface area (Å²) in [4.78, 5) is 22.5. The minimum Gasteiger partial charge on any atom is -0.469 e. The summed E-state index contributed by atoms with van der Waals surface area (Å²) in [5.74, 6) is -1.71. The molecule has 86 valence electrons. The largest absolute Gasteiger partial charge is 0.469 e. The summed E-state index contributed by atoms with van der Waals surface area (Å²) in [6.07, 6.45) is -0.407. The van der Waals surface area contributed by atoms with Gasteiger partial charge in [-0.05, 0) is 28.1 Å². The third-order valence-corrected chi connectivity index (χ3v) is 3.11. The van der Waals surface area contributed by atoms with Gasteiger partial charge in [0.1, 0.15) is 12.2 Å². The second-order valence-corrected chi connectivity index (χ2v) is 4.63. The van der Waals surface area contributed by atoms with Crippen LogP contribution in [0.15, 0.2) is 21.1 Å². The van der Waals surface area contributed by atoms with E-state index in [1.54, 1.807) is 0 Å². The van der Waals surface area contributed by atoms with Crippen LogP contribution >= 0.6 is 31.9 Å². The number of methoxy groups -OCH3 is 1. The topological polar surface area (TPSA) is 43.4 Å². The molecule has 0 bridgehead atoms. The van der Waals surface area contributed by atoms with Gasteiger partial charge >= 0.3 is 5.97 Å². The van der Waals surface area contributed by atoms with Crippen molar-refractivity contribution in [1.29, 1.82) is 0 Å². The zero-order valence-electron chi connectivity index (χ0n) is 8.22. The standard InChI is InChI=1S/C10H7Br2FO3/c1-16-10(15)4-9(14)5-2-8(13)7(12)3-6(5)11/h2-3H,4H2,1H3. The minimum absolute atomic E-state index is 0.117. The van der Waals surface area contributed by atoms with E-state index in [9.17, 15) is 14.0 Å². The first kappa shape index (κ1) is 13.3. The molecule has 6 heteroatoms. The van der Waals surface area contributed by atoms with E-state index in [1.807, 2.05) is 0 Å². The molecular weight excluding hydrogens is 347 g/mol. The molecule has 0 aromatic heterocycles. The van der Waals surface area contributed by atoms with Crippen LogP contribution in [0.2, 0.25) is 0 Å². The molecule has 16 heavy (non-hydrogen) atoms. The number of carbonyl (C=O) groups excluding carboxylic acids is 2. The molecule has 0 saturated heterocycles. The Morgan fingerprint density at radius 2 is 1.94 bits per heavy atom. The van der Waals surface area contributed by atoms with Gasteiger partial charge in [0.05, 0.1) is 11.6 Å². The second kappa shape index (κ2) is 5.54. The normalized spacial score (nSPS) is 10.0. The summed E-state index contributed by atoms with van der Waals surface area (Å²) in [7, 11) is 1.19. The van der Waals surface area contributed by atoms with Gasteiger partial charge in [0.25, 0.3) is 0 Å². The fourth-order valence-electron chi connectivity index (χ4n) is 1.03. The number of halogens is 3. The number of rotatable bonds is 3. The van der Waals surface area contributed by atoms with E-state index in [0.717, 1.165) is 6.07 Å². The van der Waals surface area contributed by atoms with E-state index >= 15 is 0 Å². The van der Waals surface area contributed by atoms with Gasteiger partial charge in [0.2, 0.25) is 0 Å². The molecule has 0 aliphatic rings. The molecule has 1 aromatic rings. The van der Waals surface area contributed by atoms with Crippen LogP contribution in [0, 0.1) is 5.82 Å². The Kier molecular flexibility index (Phi) is 4.61. The van der Waals surface area contributed by atoms with Crippen LogP contribution in [0.3, 0.4) is 0 Å². The average Bonchev–Trinajstić information content (AvgIpc) is 2.23. The lowest BCUT2D eigenvalue weighted by molar-refractivity contribution is -0.139. The van der Waals surface area contributed by atoms with Gasteiger partial charge in [-0.25, -0.2) is 4.39 Å². The molecule has 0 heterocycles. The van der Waals surface area contributed by atoms with Crippen molar-refractivity contribution < 1.29 is 18.7 Å². The predicted octanol–water partition coefficient (Wildman–Crippen LogP) is 3.10. The van der Waals surface area contributed by atoms with E-state index in [2.05, 4.69) is 36.6 Å². The Hall–Kier alpha value is -0.750. The summed E-state index contributed by atoms with van der Waals surface area (Å²) < 4.78 is 18.2. The lowest BCUT2D eigenvalue weighted by atomic mass is 10.1. The minimum atomic E-state index is -0.653. The maximum atomic E-state index is 13.2. The number of carbonyl (C=O) groups is 2. The zero-order valence-corrected chi connectivity index (χ0v) is 11.4. The lowest BCUT2D eigenvalue weighted by Gasteiger charge is -2.04. The lowest BCUT2D eigenvalue weighted by Crippen LogP contribution is -2.10. The molecule has 0 radical (unpaired) electrons. The van der Waals surface area contributed by atoms with Gasteiger partial charge in [-0.2, -0.15) is 0 Å². The van der Waals surface area contributed by atoms with Crippen molar-refractivity contribution in [3.8, 4) is 0 Å². The van der Waals surface area contributed by atoms with Gasteiger partial charge in [-0.15, -0.1) is 0 Å². The summed E-state index contributed by atoms with van der Waals surface area (Å²) in [6.45, 7) is 0. The van der Waals surface area contributed by atoms with Crippen LogP contribution in [-0.4, -0.2) is 18.9 Å². The van der Waals surface area contributed by atoms with Crippen molar-refractivity contribution >= 4 is 43.6 Å². The molecule has 1 aromatic carbocycles. The predicted molar refractivity (Wildman–Crippen MR) is 62.8 cm³/mol. The van der Waals surface area contributed by atoms with Gasteiger partial charge in [0, 0.05) is 10.0 Å². The number of ketones is 1. The maximum Gasteiger partial charge on any atom is 0.313 e. The van der Waals surface area contributed by atoms with Crippen molar-refractivity contribution in [3.63, 3.8) is 0 Å². The van der Waals surface area contributed by atoms with Crippen LogP contribution in [0.4, 0.5) is 4.39 Å². The Balaban J connectivity index is 3.00. The highest BCUT2D eigenvalue weighted by Crippen LogP contribution is 2.26. The quantitative estimate of drug-likeness (QED) is 0.363. The first-order valence-corrected chi connectivity index (χ1v) is 5.79. The number of hydrogen-bond acceptors (Lipinski definition) is 3. The Bertz CT molecular complexity index is 446. The number of Topliss-reactive ketones (excluding diaryl/α,β-unsaturated/α-hetero) is 1. The van der Waals surface area contributed by atoms with E-state index in [-0.39, 0.29) is 10.0 Å². The first-order valence-electron chi connectivity index (χ1n) is 4.20. The third-order valence-electron chi connectivity index (χ3n) is 1.84. The van der Waals surface area contributed by atoms with Gasteiger partial charge in [0.15, 0.2) is 5.78 Å². The van der Waals surface area contributed by atoms with Crippen molar-refractivity contribution in [1.82, 2.24) is 0 Å². The molecule has 0 unspecified atom stereocenters. The molecule has 0 aliphatic heterocycles. The summed E-state index contributed by atoms with van der Waals surface area (Å²) in [5.41, 5.74) is 0.117. The highest BCUT2D eigenvalue weighted by atomic mass is 79.9. The zero-order chi connectivity index (χ0) is 12.3. The van der Waals surface area contributed by atoms with Crippen LogP contribution in [0.1, 0.15) is 16.8 Å². The van der Waals surface area contributed by atoms with Crippen LogP contribution in [0.5, 0.6) is 0 Å². The Labute approximate surface area is 108 Å². The number of esters is 1. The number of hydrogen-bond donors (Lipinski definition) is 0. The first-order chi connectivity index (χ1) is 7.45. The molecule has 0 fully saturated rings. The molecule has 1 rings (SSSR count). The molecule has 0 N–H and O–H groups in total. The molecular formula is C10H7Br2FO3. The SMILES string of the molecule is COC(=O)CC(=O)c1cc(F)c(Br)cc1Br. The van der Waals surface area contributed by atoms with E-state index in [1.165, 1.54) is 13.2 Å². The second-order valence-electron chi connectivity index (χ2n) is 2.92. The van der Waals surface area contributed by atoms with Crippen molar-refractivity contribution in [2.75, 3.05) is 7.11 Å². The highest BCUT2D eigenvalue weighted by Gasteiger charge is 2.17. The van der Waals surface area contributed by atoms with E-state index < -0.39 is 24.0 Å². The van der Waals surface area contributed by atoms with Crippen molar-refractivity contribution in [2.24, 2.45) is 0 Å². The van der Waals surface area contributed by atoms with Crippen LogP contribution < -0.4 is 0 Å². The van der Waals surface area contributed by atoms with Gasteiger partial charge in [-0.3, -0.25) is 9.59 Å². The van der Waals surface area contributed by atoms with Crippen LogP contribution in [0.25, 0.3) is 0 Å². The summed E-state index contributed by atoms with van der Waals surface area (Å²) >= 11 is 6.11. The molecule has 0 aliphatic carbocycles. The molecule has 0 atom stereocenters. The van der Waals surface area contributed by atoms with Crippen LogP contribution in [-0.2, 0) is 9.53 Å². The highest BCUT2D eigenvalue weighted by molar-refractivity contribution is 9.11. The monoisotopic (exact) mass is 352 g/mol. The molecule has 0 spiro atoms. The Morgan fingerprint density at radius 1 is 1.31 bits per heavy atom. The fraction of sp³-hybridized carbons (Fsp3) is 0.200. The summed E-state index contributed by atoms with van der Waals surface area (Å²) in [6, 6.07) is 2.49. The molecule has 0 amide bonds. The Morgan fingerprint density at radius 3 is 2.50 bits per heavy atom. The third kappa shape index (κ3) is 3.12. The molecule has 0 saturated carbocycles. The maximum absolute atomic E-state index is 13.2. The van der Waals surface area contributed by atoms with Crippen molar-refractivity contribution in [3.05, 3.63) is 32.5 Å². The smallest absolute Gasteiger partial charge is 0.313 e. The number of ether oxygens (including phenoxy) is 1. The number of benzene rings is 1. The van der Waals surface area contributed by atoms with Gasteiger partial charge < -0.3 is 4.74 Å². The molecule has 3 nitrogen and oxygen atoms in total.